The maximum Gasteiger partial charge on any atom is 0.281 e. The number of rotatable bonds is 7. The number of Topliss-reactive ketones (excluding diaryl/α,β-unsaturated/α-hetero) is 1. The van der Waals surface area contributed by atoms with Gasteiger partial charge in [0.1, 0.15) is 11.5 Å². The van der Waals surface area contributed by atoms with Crippen LogP contribution in [0.2, 0.25) is 5.02 Å². The van der Waals surface area contributed by atoms with Gasteiger partial charge < -0.3 is 4.98 Å². The Kier molecular flexibility index (Phi) is 7.51. The second-order valence-electron chi connectivity index (χ2n) is 9.20. The molecule has 34 heavy (non-hydrogen) atoms. The monoisotopic (exact) mass is 488 g/mol. The van der Waals surface area contributed by atoms with E-state index in [0.29, 0.717) is 34.0 Å². The van der Waals surface area contributed by atoms with E-state index in [0.717, 1.165) is 5.56 Å². The molecule has 0 atom stereocenters. The third-order valence-corrected chi connectivity index (χ3v) is 5.97. The Balaban J connectivity index is 1.86. The number of aromatic nitrogens is 3. The van der Waals surface area contributed by atoms with Crippen LogP contribution >= 0.6 is 11.6 Å². The van der Waals surface area contributed by atoms with Gasteiger partial charge in [-0.3, -0.25) is 19.9 Å². The molecule has 180 valence electrons. The van der Waals surface area contributed by atoms with E-state index in [1.807, 2.05) is 45.9 Å². The number of halogens is 3. The van der Waals surface area contributed by atoms with Gasteiger partial charge in [-0.15, -0.1) is 0 Å². The highest BCUT2D eigenvalue weighted by atomic mass is 35.5. The fourth-order valence-electron chi connectivity index (χ4n) is 3.43. The van der Waals surface area contributed by atoms with E-state index in [1.165, 1.54) is 12.3 Å². The topological polar surface area (TPSA) is 87.7 Å². The Labute approximate surface area is 202 Å². The Morgan fingerprint density at radius 3 is 2.56 bits per heavy atom. The van der Waals surface area contributed by atoms with E-state index in [-0.39, 0.29) is 23.7 Å². The summed E-state index contributed by atoms with van der Waals surface area (Å²) < 4.78 is 27.1. The van der Waals surface area contributed by atoms with E-state index < -0.39 is 23.4 Å². The van der Waals surface area contributed by atoms with Crippen molar-refractivity contribution in [2.75, 3.05) is 5.32 Å². The summed E-state index contributed by atoms with van der Waals surface area (Å²) in [6.45, 7) is 9.09. The van der Waals surface area contributed by atoms with Crippen molar-refractivity contribution in [3.63, 3.8) is 0 Å². The van der Waals surface area contributed by atoms with Crippen LogP contribution in [-0.4, -0.2) is 26.6 Å². The van der Waals surface area contributed by atoms with Crippen molar-refractivity contribution in [1.82, 2.24) is 15.0 Å². The Bertz CT molecular complexity index is 1230. The molecule has 2 N–H and O–H groups in total. The van der Waals surface area contributed by atoms with Gasteiger partial charge in [0.2, 0.25) is 5.95 Å². The van der Waals surface area contributed by atoms with Crippen LogP contribution in [0.25, 0.3) is 11.3 Å². The molecule has 1 aromatic carbocycles. The van der Waals surface area contributed by atoms with Crippen molar-refractivity contribution < 1.29 is 18.4 Å². The summed E-state index contributed by atoms with van der Waals surface area (Å²) in [7, 11) is 0. The number of imidazole rings is 1. The molecule has 2 aromatic heterocycles. The zero-order chi connectivity index (χ0) is 25.2. The molecule has 2 heterocycles. The fraction of sp³-hybridized carbons (Fsp3) is 0.360. The van der Waals surface area contributed by atoms with Crippen LogP contribution in [0.1, 0.15) is 66.5 Å². The predicted octanol–water partition coefficient (Wildman–Crippen LogP) is 6.48. The van der Waals surface area contributed by atoms with Gasteiger partial charge in [-0.05, 0) is 37.5 Å². The van der Waals surface area contributed by atoms with Crippen molar-refractivity contribution in [3.8, 4) is 11.3 Å². The van der Waals surface area contributed by atoms with Crippen LogP contribution in [0.4, 0.5) is 14.7 Å². The zero-order valence-electron chi connectivity index (χ0n) is 19.7. The highest BCUT2D eigenvalue weighted by Crippen LogP contribution is 2.32. The van der Waals surface area contributed by atoms with E-state index in [2.05, 4.69) is 20.3 Å². The maximum absolute atomic E-state index is 13.6. The minimum atomic E-state index is -2.94. The molecule has 0 aliphatic rings. The van der Waals surface area contributed by atoms with E-state index in [9.17, 15) is 18.4 Å². The van der Waals surface area contributed by atoms with Crippen LogP contribution in [0.3, 0.4) is 0 Å². The first kappa shape index (κ1) is 25.5. The summed E-state index contributed by atoms with van der Waals surface area (Å²) in [6.07, 6.45) is -1.14. The molecule has 0 fully saturated rings. The third kappa shape index (κ3) is 5.67. The Hall–Kier alpha value is -3.13. The molecular formula is C25H27ClF2N4O2. The Morgan fingerprint density at radius 2 is 1.91 bits per heavy atom. The normalized spacial score (nSPS) is 11.7. The SMILES string of the molecule is Cc1cccc(-c2nc(NC(=O)c3cc(CCC(=O)C(C)(C)C)cnc3C(F)F)[nH]c2C)c1Cl. The number of carbonyl (C=O) groups is 2. The number of carbonyl (C=O) groups excluding carboxylic acids is 2. The third-order valence-electron chi connectivity index (χ3n) is 5.47. The quantitative estimate of drug-likeness (QED) is 0.398. The second-order valence-corrected chi connectivity index (χ2v) is 9.58. The van der Waals surface area contributed by atoms with Gasteiger partial charge in [0.25, 0.3) is 12.3 Å². The van der Waals surface area contributed by atoms with Crippen molar-refractivity contribution in [2.24, 2.45) is 5.41 Å². The van der Waals surface area contributed by atoms with Crippen LogP contribution in [0, 0.1) is 19.3 Å². The van der Waals surface area contributed by atoms with E-state index in [1.54, 1.807) is 6.92 Å². The molecule has 9 heteroatoms. The Morgan fingerprint density at radius 1 is 1.21 bits per heavy atom. The first-order valence-corrected chi connectivity index (χ1v) is 11.2. The number of aryl methyl sites for hydroxylation is 3. The van der Waals surface area contributed by atoms with Crippen LogP contribution < -0.4 is 5.32 Å². The lowest BCUT2D eigenvalue weighted by atomic mass is 9.87. The number of benzene rings is 1. The average Bonchev–Trinajstić information content (AvgIpc) is 3.12. The number of pyridine rings is 1. The fourth-order valence-corrected chi connectivity index (χ4v) is 3.65. The van der Waals surface area contributed by atoms with Gasteiger partial charge in [-0.1, -0.05) is 50.6 Å². The molecule has 0 aliphatic heterocycles. The molecule has 0 saturated heterocycles. The highest BCUT2D eigenvalue weighted by molar-refractivity contribution is 6.34. The number of anilines is 1. The highest BCUT2D eigenvalue weighted by Gasteiger charge is 2.24. The summed E-state index contributed by atoms with van der Waals surface area (Å²) in [4.78, 5) is 36.3. The molecular weight excluding hydrogens is 462 g/mol. The average molecular weight is 489 g/mol. The molecule has 0 radical (unpaired) electrons. The number of H-pyrrole nitrogens is 1. The number of alkyl halides is 2. The van der Waals surface area contributed by atoms with Crippen LogP contribution in [-0.2, 0) is 11.2 Å². The van der Waals surface area contributed by atoms with Gasteiger partial charge in [0.15, 0.2) is 0 Å². The molecule has 6 nitrogen and oxygen atoms in total. The van der Waals surface area contributed by atoms with Gasteiger partial charge in [0, 0.05) is 29.3 Å². The summed E-state index contributed by atoms with van der Waals surface area (Å²) in [5.74, 6) is -0.643. The molecule has 0 aliphatic carbocycles. The molecule has 0 saturated carbocycles. The first-order chi connectivity index (χ1) is 15.9. The number of aromatic amines is 1. The lowest BCUT2D eigenvalue weighted by molar-refractivity contribution is -0.126. The number of hydrogen-bond donors (Lipinski definition) is 2. The van der Waals surface area contributed by atoms with Crippen molar-refractivity contribution in [1.29, 1.82) is 0 Å². The lowest BCUT2D eigenvalue weighted by Crippen LogP contribution is -2.21. The molecule has 1 amide bonds. The predicted molar refractivity (Wildman–Crippen MR) is 128 cm³/mol. The van der Waals surface area contributed by atoms with Crippen molar-refractivity contribution in [2.45, 2.75) is 53.9 Å². The molecule has 0 spiro atoms. The van der Waals surface area contributed by atoms with Gasteiger partial charge >= 0.3 is 0 Å². The molecule has 3 rings (SSSR count). The number of ketones is 1. The lowest BCUT2D eigenvalue weighted by Gasteiger charge is -2.16. The van der Waals surface area contributed by atoms with E-state index in [4.69, 9.17) is 11.6 Å². The van der Waals surface area contributed by atoms with Gasteiger partial charge in [-0.2, -0.15) is 0 Å². The minimum Gasteiger partial charge on any atom is -0.328 e. The minimum absolute atomic E-state index is 0.0323. The van der Waals surface area contributed by atoms with Gasteiger partial charge in [0.05, 0.1) is 16.3 Å². The van der Waals surface area contributed by atoms with Gasteiger partial charge in [-0.25, -0.2) is 13.8 Å². The number of amides is 1. The summed E-state index contributed by atoms with van der Waals surface area (Å²) in [5, 5.41) is 3.08. The smallest absolute Gasteiger partial charge is 0.281 e. The molecule has 0 unspecified atom stereocenters. The largest absolute Gasteiger partial charge is 0.328 e. The maximum atomic E-state index is 13.6. The standard InChI is InChI=1S/C25H27ClF2N4O2/c1-13-7-6-8-16(19(13)26)20-14(2)30-24(31-20)32-23(34)17-11-15(12-29-21(17)22(27)28)9-10-18(33)25(3,4)5/h6-8,11-12,22H,9-10H2,1-5H3,(H2,30,31,32,34). The van der Waals surface area contributed by atoms with Crippen molar-refractivity contribution >= 4 is 29.2 Å². The molecule has 3 aromatic rings. The summed E-state index contributed by atoms with van der Waals surface area (Å²) in [5.41, 5.74) is 1.89. The number of hydrogen-bond acceptors (Lipinski definition) is 4. The molecule has 0 bridgehead atoms. The van der Waals surface area contributed by atoms with Crippen molar-refractivity contribution in [3.05, 3.63) is 63.6 Å². The summed E-state index contributed by atoms with van der Waals surface area (Å²) in [6, 6.07) is 6.88. The van der Waals surface area contributed by atoms with Crippen LogP contribution in [0.5, 0.6) is 0 Å². The zero-order valence-corrected chi connectivity index (χ0v) is 20.5. The second kappa shape index (κ2) is 10.0. The van der Waals surface area contributed by atoms with Crippen LogP contribution in [0.15, 0.2) is 30.5 Å². The van der Waals surface area contributed by atoms with E-state index >= 15 is 0 Å². The number of nitrogens with one attached hydrogen (secondary N) is 2. The first-order valence-electron chi connectivity index (χ1n) is 10.8. The summed E-state index contributed by atoms with van der Waals surface area (Å²) >= 11 is 6.41. The number of nitrogens with zero attached hydrogens (tertiary/aromatic N) is 2.